The van der Waals surface area contributed by atoms with Gasteiger partial charge in [-0.3, -0.25) is 4.99 Å². The molecule has 0 aliphatic carbocycles. The SMILES string of the molecule is CN1CCN=C(C=Cc2ccc(C#N)c(SCc3ccc(Cl)cc3)n2)c2ccc(Br)cc21. The number of fused-ring (bicyclic) bond motifs is 1. The summed E-state index contributed by atoms with van der Waals surface area (Å²) in [5.41, 5.74) is 5.66. The van der Waals surface area contributed by atoms with Gasteiger partial charge in [0.2, 0.25) is 0 Å². The molecule has 1 aromatic heterocycles. The second-order valence-electron chi connectivity index (χ2n) is 7.30. The number of rotatable bonds is 5. The molecule has 0 bridgehead atoms. The predicted molar refractivity (Wildman–Crippen MR) is 138 cm³/mol. The van der Waals surface area contributed by atoms with Crippen LogP contribution in [0.15, 0.2) is 75.2 Å². The van der Waals surface area contributed by atoms with Crippen molar-refractivity contribution < 1.29 is 0 Å². The lowest BCUT2D eigenvalue weighted by atomic mass is 10.1. The molecule has 1 aliphatic heterocycles. The topological polar surface area (TPSA) is 52.3 Å². The van der Waals surface area contributed by atoms with Gasteiger partial charge in [0.15, 0.2) is 0 Å². The highest BCUT2D eigenvalue weighted by Gasteiger charge is 2.15. The van der Waals surface area contributed by atoms with Crippen molar-refractivity contribution in [3.8, 4) is 6.07 Å². The Hall–Kier alpha value is -2.59. The number of aliphatic imine (C=N–C) groups is 1. The number of pyridine rings is 1. The number of allylic oxidation sites excluding steroid dienone is 1. The number of benzodiazepines with no additional fused rings is 1. The van der Waals surface area contributed by atoms with E-state index in [4.69, 9.17) is 21.6 Å². The van der Waals surface area contributed by atoms with Crippen molar-refractivity contribution in [2.75, 3.05) is 25.0 Å². The van der Waals surface area contributed by atoms with E-state index in [1.54, 1.807) is 11.8 Å². The number of nitrogens with zero attached hydrogens (tertiary/aromatic N) is 4. The standard InChI is InChI=1S/C25H20BrClN4S/c1-31-13-12-29-23(22-10-5-19(26)14-24(22)31)11-9-21-8-4-18(15-28)25(30-21)32-16-17-2-6-20(27)7-3-17/h2-11,14H,12-13,16H2,1H3. The third-order valence-corrected chi connectivity index (χ3v) is 6.88. The van der Waals surface area contributed by atoms with Crippen molar-refractivity contribution in [1.82, 2.24) is 4.98 Å². The van der Waals surface area contributed by atoms with Crippen molar-refractivity contribution in [2.24, 2.45) is 4.99 Å². The maximum Gasteiger partial charge on any atom is 0.115 e. The van der Waals surface area contributed by atoms with Gasteiger partial charge in [0.25, 0.3) is 0 Å². The Kier molecular flexibility index (Phi) is 7.31. The van der Waals surface area contributed by atoms with Crippen LogP contribution in [0.3, 0.4) is 0 Å². The molecule has 0 unspecified atom stereocenters. The smallest absolute Gasteiger partial charge is 0.115 e. The maximum absolute atomic E-state index is 9.50. The molecule has 7 heteroatoms. The third-order valence-electron chi connectivity index (χ3n) is 5.07. The first-order chi connectivity index (χ1) is 15.5. The Morgan fingerprint density at radius 1 is 1.16 bits per heavy atom. The van der Waals surface area contributed by atoms with E-state index < -0.39 is 0 Å². The summed E-state index contributed by atoms with van der Waals surface area (Å²) in [6.45, 7) is 1.59. The summed E-state index contributed by atoms with van der Waals surface area (Å²) in [6.07, 6.45) is 3.97. The van der Waals surface area contributed by atoms with Gasteiger partial charge < -0.3 is 4.90 Å². The molecule has 0 radical (unpaired) electrons. The highest BCUT2D eigenvalue weighted by Crippen LogP contribution is 2.28. The van der Waals surface area contributed by atoms with E-state index in [0.29, 0.717) is 16.3 Å². The van der Waals surface area contributed by atoms with Crippen LogP contribution in [-0.2, 0) is 5.75 Å². The Bertz CT molecular complexity index is 1230. The molecule has 160 valence electrons. The lowest BCUT2D eigenvalue weighted by Gasteiger charge is -2.19. The van der Waals surface area contributed by atoms with E-state index >= 15 is 0 Å². The van der Waals surface area contributed by atoms with Gasteiger partial charge in [-0.2, -0.15) is 5.26 Å². The molecule has 1 aliphatic rings. The molecule has 0 saturated carbocycles. The molecule has 4 rings (SSSR count). The van der Waals surface area contributed by atoms with Gasteiger partial charge in [-0.05, 0) is 60.2 Å². The molecule has 3 aromatic rings. The number of halogens is 2. The number of likely N-dealkylation sites (N-methyl/N-ethyl adjacent to an activating group) is 1. The van der Waals surface area contributed by atoms with Crippen LogP contribution < -0.4 is 4.90 Å². The summed E-state index contributed by atoms with van der Waals surface area (Å²) in [5, 5.41) is 10.9. The monoisotopic (exact) mass is 522 g/mol. The lowest BCUT2D eigenvalue weighted by Crippen LogP contribution is -2.20. The molecule has 4 nitrogen and oxygen atoms in total. The van der Waals surface area contributed by atoms with E-state index in [9.17, 15) is 5.26 Å². The van der Waals surface area contributed by atoms with Crippen LogP contribution in [0.2, 0.25) is 5.02 Å². The molecule has 2 heterocycles. The minimum atomic E-state index is 0.574. The summed E-state index contributed by atoms with van der Waals surface area (Å²) < 4.78 is 1.05. The van der Waals surface area contributed by atoms with E-state index in [2.05, 4.69) is 46.1 Å². The van der Waals surface area contributed by atoms with Gasteiger partial charge in [-0.25, -0.2) is 4.98 Å². The van der Waals surface area contributed by atoms with Crippen molar-refractivity contribution in [3.63, 3.8) is 0 Å². The predicted octanol–water partition coefficient (Wildman–Crippen LogP) is 6.61. The van der Waals surface area contributed by atoms with E-state index in [1.165, 1.54) is 0 Å². The highest BCUT2D eigenvalue weighted by molar-refractivity contribution is 9.10. The summed E-state index contributed by atoms with van der Waals surface area (Å²) >= 11 is 11.1. The summed E-state index contributed by atoms with van der Waals surface area (Å²) in [7, 11) is 2.08. The zero-order chi connectivity index (χ0) is 22.5. The van der Waals surface area contributed by atoms with Crippen molar-refractivity contribution in [1.29, 1.82) is 5.26 Å². The number of thioether (sulfide) groups is 1. The number of benzene rings is 2. The molecule has 0 amide bonds. The van der Waals surface area contributed by atoms with Crippen molar-refractivity contribution in [3.05, 3.63) is 92.6 Å². The molecular formula is C25H20BrClN4S. The first kappa shape index (κ1) is 22.6. The summed E-state index contributed by atoms with van der Waals surface area (Å²) in [5.74, 6) is 0.716. The van der Waals surface area contributed by atoms with E-state index in [1.807, 2.05) is 54.6 Å². The van der Waals surface area contributed by atoms with Crippen LogP contribution in [-0.4, -0.2) is 30.8 Å². The molecule has 0 atom stereocenters. The van der Waals surface area contributed by atoms with Crippen LogP contribution in [0.5, 0.6) is 0 Å². The summed E-state index contributed by atoms with van der Waals surface area (Å²) in [6, 6.07) is 19.9. The van der Waals surface area contributed by atoms with Crippen LogP contribution in [0, 0.1) is 11.3 Å². The quantitative estimate of drug-likeness (QED) is 0.353. The molecule has 2 aromatic carbocycles. The Labute approximate surface area is 205 Å². The zero-order valence-electron chi connectivity index (χ0n) is 17.4. The van der Waals surface area contributed by atoms with Gasteiger partial charge in [0.05, 0.1) is 23.5 Å². The van der Waals surface area contributed by atoms with Gasteiger partial charge in [-0.1, -0.05) is 39.7 Å². The number of hydrogen-bond donors (Lipinski definition) is 0. The number of nitriles is 1. The first-order valence-corrected chi connectivity index (χ1v) is 12.2. The van der Waals surface area contributed by atoms with E-state index in [0.717, 1.165) is 50.8 Å². The molecule has 0 saturated heterocycles. The minimum Gasteiger partial charge on any atom is -0.372 e. The average molecular weight is 524 g/mol. The van der Waals surface area contributed by atoms with E-state index in [-0.39, 0.29) is 0 Å². The molecule has 32 heavy (non-hydrogen) atoms. The van der Waals surface area contributed by atoms with Crippen molar-refractivity contribution in [2.45, 2.75) is 10.8 Å². The normalized spacial score (nSPS) is 13.4. The molecule has 0 fully saturated rings. The second kappa shape index (κ2) is 10.4. The number of anilines is 1. The van der Waals surface area contributed by atoms with Crippen LogP contribution in [0.25, 0.3) is 6.08 Å². The van der Waals surface area contributed by atoms with Crippen LogP contribution in [0.4, 0.5) is 5.69 Å². The fourth-order valence-electron chi connectivity index (χ4n) is 3.35. The first-order valence-electron chi connectivity index (χ1n) is 10.1. The average Bonchev–Trinajstić information content (AvgIpc) is 2.95. The largest absolute Gasteiger partial charge is 0.372 e. The zero-order valence-corrected chi connectivity index (χ0v) is 20.6. The van der Waals surface area contributed by atoms with Gasteiger partial charge in [0, 0.05) is 40.1 Å². The second-order valence-corrected chi connectivity index (χ2v) is 9.62. The Morgan fingerprint density at radius 3 is 2.75 bits per heavy atom. The fourth-order valence-corrected chi connectivity index (χ4v) is 4.76. The maximum atomic E-state index is 9.50. The van der Waals surface area contributed by atoms with Crippen LogP contribution in [0.1, 0.15) is 22.4 Å². The Balaban J connectivity index is 1.57. The van der Waals surface area contributed by atoms with Gasteiger partial charge in [-0.15, -0.1) is 11.8 Å². The fraction of sp³-hybridized carbons (Fsp3) is 0.160. The highest BCUT2D eigenvalue weighted by atomic mass is 79.9. The number of hydrogen-bond acceptors (Lipinski definition) is 5. The minimum absolute atomic E-state index is 0.574. The van der Waals surface area contributed by atoms with Gasteiger partial charge in [0.1, 0.15) is 11.1 Å². The Morgan fingerprint density at radius 2 is 1.97 bits per heavy atom. The summed E-state index contributed by atoms with van der Waals surface area (Å²) in [4.78, 5) is 11.7. The molecule has 0 spiro atoms. The lowest BCUT2D eigenvalue weighted by molar-refractivity contribution is 0.896. The molecular weight excluding hydrogens is 504 g/mol. The van der Waals surface area contributed by atoms with Crippen molar-refractivity contribution >= 4 is 56.8 Å². The molecule has 0 N–H and O–H groups in total. The van der Waals surface area contributed by atoms with Crippen LogP contribution >= 0.6 is 39.3 Å². The third kappa shape index (κ3) is 5.42. The van der Waals surface area contributed by atoms with Gasteiger partial charge >= 0.3 is 0 Å². The number of aromatic nitrogens is 1.